The zero-order valence-corrected chi connectivity index (χ0v) is 15.6. The fourth-order valence-corrected chi connectivity index (χ4v) is 3.43. The molecule has 0 aliphatic carbocycles. The van der Waals surface area contributed by atoms with Crippen molar-refractivity contribution in [2.45, 2.75) is 43.9 Å². The van der Waals surface area contributed by atoms with Gasteiger partial charge in [0.25, 0.3) is 0 Å². The summed E-state index contributed by atoms with van der Waals surface area (Å²) < 4.78 is 18.7. The molecular formula is C20H26FN3O4. The van der Waals surface area contributed by atoms with E-state index in [-0.39, 0.29) is 24.8 Å². The Hall–Kier alpha value is -2.45. The molecular weight excluding hydrogens is 365 g/mol. The minimum absolute atomic E-state index is 0.0477. The van der Waals surface area contributed by atoms with Crippen LogP contribution in [0.3, 0.4) is 0 Å². The average molecular weight is 391 g/mol. The fraction of sp³-hybridized carbons (Fsp3) is 0.500. The second kappa shape index (κ2) is 9.66. The number of likely N-dealkylation sites (tertiary alicyclic amines) is 1. The van der Waals surface area contributed by atoms with Crippen LogP contribution >= 0.6 is 0 Å². The van der Waals surface area contributed by atoms with Gasteiger partial charge in [0.05, 0.1) is 25.2 Å². The van der Waals surface area contributed by atoms with Crippen LogP contribution in [0, 0.1) is 5.82 Å². The number of anilines is 1. The van der Waals surface area contributed by atoms with Gasteiger partial charge in [0.2, 0.25) is 5.91 Å². The van der Waals surface area contributed by atoms with Crippen molar-refractivity contribution in [2.24, 2.45) is 0 Å². The second-order valence-electron chi connectivity index (χ2n) is 7.06. The number of nitrogens with zero attached hydrogens (tertiary/aromatic N) is 1. The molecule has 0 aromatic heterocycles. The highest BCUT2D eigenvalue weighted by molar-refractivity contribution is 5.89. The zero-order valence-electron chi connectivity index (χ0n) is 15.6. The summed E-state index contributed by atoms with van der Waals surface area (Å²) in [5.74, 6) is -0.341. The molecule has 28 heavy (non-hydrogen) atoms. The van der Waals surface area contributed by atoms with Crippen LogP contribution in [0.25, 0.3) is 0 Å². The van der Waals surface area contributed by atoms with Gasteiger partial charge in [-0.2, -0.15) is 0 Å². The minimum atomic E-state index is -0.650. The van der Waals surface area contributed by atoms with Crippen molar-refractivity contribution in [1.82, 2.24) is 10.2 Å². The molecule has 0 unspecified atom stereocenters. The molecule has 1 fully saturated rings. The third-order valence-corrected chi connectivity index (χ3v) is 4.95. The lowest BCUT2D eigenvalue weighted by Gasteiger charge is -2.33. The van der Waals surface area contributed by atoms with Crippen LogP contribution in [-0.4, -0.2) is 59.9 Å². The average Bonchev–Trinajstić information content (AvgIpc) is 2.71. The highest BCUT2D eigenvalue weighted by atomic mass is 19.1. The van der Waals surface area contributed by atoms with Crippen LogP contribution in [0.1, 0.15) is 25.7 Å². The Morgan fingerprint density at radius 3 is 2.54 bits per heavy atom. The first-order valence-corrected chi connectivity index (χ1v) is 9.60. The first-order valence-electron chi connectivity index (χ1n) is 9.60. The summed E-state index contributed by atoms with van der Waals surface area (Å²) >= 11 is 0. The summed E-state index contributed by atoms with van der Waals surface area (Å²) in [5, 5.41) is 14.9. The molecule has 0 bridgehead atoms. The number of carbonyl (C=O) groups is 2. The number of benzene rings is 1. The molecule has 2 aliphatic heterocycles. The van der Waals surface area contributed by atoms with Gasteiger partial charge in [-0.25, -0.2) is 9.18 Å². The summed E-state index contributed by atoms with van der Waals surface area (Å²) in [7, 11) is 0. The maximum absolute atomic E-state index is 12.9. The number of aliphatic hydroxyl groups excluding tert-OH is 1. The van der Waals surface area contributed by atoms with Gasteiger partial charge in [-0.05, 0) is 43.5 Å². The van der Waals surface area contributed by atoms with E-state index >= 15 is 0 Å². The summed E-state index contributed by atoms with van der Waals surface area (Å²) in [6.45, 7) is 1.28. The Kier molecular flexibility index (Phi) is 7.00. The molecule has 7 nitrogen and oxygen atoms in total. The topological polar surface area (TPSA) is 90.9 Å². The number of rotatable bonds is 5. The van der Waals surface area contributed by atoms with E-state index in [1.165, 1.54) is 24.3 Å². The molecule has 8 heteroatoms. The fourth-order valence-electron chi connectivity index (χ4n) is 3.43. The predicted octanol–water partition coefficient (Wildman–Crippen LogP) is 2.03. The largest absolute Gasteiger partial charge is 0.394 e. The highest BCUT2D eigenvalue weighted by Gasteiger charge is 2.30. The third-order valence-electron chi connectivity index (χ3n) is 4.95. The Balaban J connectivity index is 1.52. The van der Waals surface area contributed by atoms with Gasteiger partial charge in [-0.3, -0.25) is 4.79 Å². The number of piperidine rings is 1. The number of halogens is 1. The number of nitrogens with one attached hydrogen (secondary N) is 2. The molecule has 1 aromatic carbocycles. The van der Waals surface area contributed by atoms with Crippen LogP contribution in [0.4, 0.5) is 14.9 Å². The summed E-state index contributed by atoms with van der Waals surface area (Å²) in [6, 6.07) is 4.37. The second-order valence-corrected chi connectivity index (χ2v) is 7.06. The Morgan fingerprint density at radius 2 is 1.86 bits per heavy atom. The predicted molar refractivity (Wildman–Crippen MR) is 102 cm³/mol. The minimum Gasteiger partial charge on any atom is -0.394 e. The number of hydrogen-bond acceptors (Lipinski definition) is 4. The highest BCUT2D eigenvalue weighted by Crippen LogP contribution is 2.18. The van der Waals surface area contributed by atoms with Crippen LogP contribution in [0.5, 0.6) is 0 Å². The molecule has 3 N–H and O–H groups in total. The molecule has 1 saturated heterocycles. The Bertz CT molecular complexity index is 704. The van der Waals surface area contributed by atoms with Crippen molar-refractivity contribution in [3.63, 3.8) is 0 Å². The van der Waals surface area contributed by atoms with Gasteiger partial charge >= 0.3 is 6.03 Å². The van der Waals surface area contributed by atoms with E-state index in [1.807, 2.05) is 4.90 Å². The van der Waals surface area contributed by atoms with E-state index in [4.69, 9.17) is 4.74 Å². The van der Waals surface area contributed by atoms with Crippen LogP contribution in [0.15, 0.2) is 36.4 Å². The molecule has 3 rings (SSSR count). The monoisotopic (exact) mass is 391 g/mol. The third kappa shape index (κ3) is 5.53. The molecule has 3 atom stereocenters. The number of amides is 3. The maximum Gasteiger partial charge on any atom is 0.319 e. The van der Waals surface area contributed by atoms with Crippen LogP contribution in [-0.2, 0) is 9.53 Å². The summed E-state index contributed by atoms with van der Waals surface area (Å²) in [5.41, 5.74) is 0.449. The number of urea groups is 1. The van der Waals surface area contributed by atoms with Gasteiger partial charge < -0.3 is 25.4 Å². The van der Waals surface area contributed by atoms with E-state index in [9.17, 15) is 19.1 Å². The molecule has 0 radical (unpaired) electrons. The smallest absolute Gasteiger partial charge is 0.319 e. The van der Waals surface area contributed by atoms with Gasteiger partial charge in [0.1, 0.15) is 11.9 Å². The van der Waals surface area contributed by atoms with Crippen molar-refractivity contribution in [3.05, 3.63) is 42.2 Å². The van der Waals surface area contributed by atoms with E-state index in [0.29, 0.717) is 5.69 Å². The number of carbonyl (C=O) groups excluding carboxylic acids is 2. The van der Waals surface area contributed by atoms with Crippen molar-refractivity contribution in [3.8, 4) is 0 Å². The van der Waals surface area contributed by atoms with Crippen LogP contribution in [0.2, 0.25) is 0 Å². The van der Waals surface area contributed by atoms with E-state index < -0.39 is 24.3 Å². The first kappa shape index (κ1) is 20.3. The Labute approximate surface area is 163 Å². The molecule has 152 valence electrons. The maximum atomic E-state index is 12.9. The lowest BCUT2D eigenvalue weighted by molar-refractivity contribution is -0.136. The van der Waals surface area contributed by atoms with Crippen molar-refractivity contribution >= 4 is 17.6 Å². The lowest BCUT2D eigenvalue weighted by Crippen LogP contribution is -2.50. The number of aliphatic hydroxyl groups is 1. The van der Waals surface area contributed by atoms with E-state index in [1.54, 1.807) is 12.2 Å². The van der Waals surface area contributed by atoms with Crippen LogP contribution < -0.4 is 10.6 Å². The van der Waals surface area contributed by atoms with Crippen molar-refractivity contribution in [1.29, 1.82) is 0 Å². The van der Waals surface area contributed by atoms with E-state index in [2.05, 4.69) is 10.6 Å². The summed E-state index contributed by atoms with van der Waals surface area (Å²) in [4.78, 5) is 26.4. The lowest BCUT2D eigenvalue weighted by atomic mass is 10.0. The molecule has 0 spiro atoms. The quantitative estimate of drug-likeness (QED) is 0.670. The molecule has 3 amide bonds. The van der Waals surface area contributed by atoms with Gasteiger partial charge in [-0.1, -0.05) is 12.2 Å². The SMILES string of the molecule is O=C(Nc1ccc(F)cc1)N[C@@H]1C=C[C@H](CC(=O)N2CCCCC2)O[C@H]1CO. The van der Waals surface area contributed by atoms with Crippen molar-refractivity contribution < 1.29 is 23.8 Å². The zero-order chi connectivity index (χ0) is 19.9. The summed E-state index contributed by atoms with van der Waals surface area (Å²) in [6.07, 6.45) is 5.85. The van der Waals surface area contributed by atoms with Gasteiger partial charge in [-0.15, -0.1) is 0 Å². The molecule has 1 aromatic rings. The standard InChI is InChI=1S/C20H26FN3O4/c21-14-4-6-15(7-5-14)22-20(27)23-17-9-8-16(28-18(17)13-25)12-19(26)24-10-2-1-3-11-24/h4-9,16-18,25H,1-3,10-13H2,(H2,22,23,27)/t16-,17-,18+/m1/s1. The number of hydrogen-bond donors (Lipinski definition) is 3. The molecule has 0 saturated carbocycles. The molecule has 2 heterocycles. The normalized spacial score (nSPS) is 24.6. The van der Waals surface area contributed by atoms with Crippen molar-refractivity contribution in [2.75, 3.05) is 25.0 Å². The van der Waals surface area contributed by atoms with E-state index in [0.717, 1.165) is 32.4 Å². The first-order chi connectivity index (χ1) is 13.5. The number of ether oxygens (including phenoxy) is 1. The Morgan fingerprint density at radius 1 is 1.14 bits per heavy atom. The van der Waals surface area contributed by atoms with Gasteiger partial charge in [0, 0.05) is 18.8 Å². The molecule has 2 aliphatic rings. The van der Waals surface area contributed by atoms with Gasteiger partial charge in [0.15, 0.2) is 0 Å².